The average molecular weight is 629 g/mol. The van der Waals surface area contributed by atoms with E-state index in [2.05, 4.69) is 16.5 Å². The highest BCUT2D eigenvalue weighted by Gasteiger charge is 2.34. The van der Waals surface area contributed by atoms with Crippen LogP contribution in [0.3, 0.4) is 0 Å². The number of hydrogen-bond acceptors (Lipinski definition) is 7. The van der Waals surface area contributed by atoms with Crippen molar-refractivity contribution in [2.24, 2.45) is 7.05 Å². The Labute approximate surface area is 264 Å². The van der Waals surface area contributed by atoms with Crippen LogP contribution in [0.4, 0.5) is 10.2 Å². The summed E-state index contributed by atoms with van der Waals surface area (Å²) in [5.74, 6) is -0.303. The number of amides is 1. The summed E-state index contributed by atoms with van der Waals surface area (Å²) in [7, 11) is 1.87. The summed E-state index contributed by atoms with van der Waals surface area (Å²) >= 11 is 6.85. The summed E-state index contributed by atoms with van der Waals surface area (Å²) < 4.78 is 18.4. The van der Waals surface area contributed by atoms with E-state index in [9.17, 15) is 9.59 Å². The van der Waals surface area contributed by atoms with E-state index in [0.717, 1.165) is 5.56 Å². The normalized spacial score (nSPS) is 17.1. The number of anilines is 1. The lowest BCUT2D eigenvalue weighted by Gasteiger charge is -2.44. The molecule has 1 aliphatic rings. The number of benzene rings is 1. The van der Waals surface area contributed by atoms with Crippen molar-refractivity contribution in [1.82, 2.24) is 34.0 Å². The molecule has 0 bridgehead atoms. The molecule has 4 aromatic heterocycles. The molecule has 6 rings (SSSR count). The predicted molar refractivity (Wildman–Crippen MR) is 175 cm³/mol. The van der Waals surface area contributed by atoms with E-state index in [1.165, 1.54) is 16.7 Å². The first-order chi connectivity index (χ1) is 21.4. The molecule has 0 spiro atoms. The minimum absolute atomic E-state index is 0.0459. The van der Waals surface area contributed by atoms with E-state index in [1.807, 2.05) is 51.1 Å². The van der Waals surface area contributed by atoms with Crippen LogP contribution in [0.2, 0.25) is 5.02 Å². The van der Waals surface area contributed by atoms with Crippen molar-refractivity contribution in [2.45, 2.75) is 52.6 Å². The molecule has 232 valence electrons. The number of pyridine rings is 2. The third kappa shape index (κ3) is 4.95. The van der Waals surface area contributed by atoms with Crippen LogP contribution in [-0.4, -0.2) is 65.1 Å². The third-order valence-corrected chi connectivity index (χ3v) is 8.77. The van der Waals surface area contributed by atoms with Gasteiger partial charge in [-0.15, -0.1) is 0 Å². The number of imidazole rings is 1. The fourth-order valence-electron chi connectivity index (χ4n) is 6.31. The molecule has 45 heavy (non-hydrogen) atoms. The first-order valence-electron chi connectivity index (χ1n) is 14.8. The van der Waals surface area contributed by atoms with Crippen molar-refractivity contribution in [3.8, 4) is 16.9 Å². The van der Waals surface area contributed by atoms with Gasteiger partial charge in [0.05, 0.1) is 33.8 Å². The molecular weight excluding hydrogens is 595 g/mol. The van der Waals surface area contributed by atoms with E-state index in [0.29, 0.717) is 46.8 Å². The summed E-state index contributed by atoms with van der Waals surface area (Å²) in [5.41, 5.74) is 3.41. The van der Waals surface area contributed by atoms with Gasteiger partial charge in [0.2, 0.25) is 5.91 Å². The number of carbonyl (C=O) groups excluding carboxylic acids is 1. The van der Waals surface area contributed by atoms with Gasteiger partial charge in [0, 0.05) is 43.3 Å². The number of halogens is 2. The van der Waals surface area contributed by atoms with Crippen LogP contribution in [0.5, 0.6) is 0 Å². The Balaban J connectivity index is 1.69. The van der Waals surface area contributed by atoms with Gasteiger partial charge < -0.3 is 14.4 Å². The van der Waals surface area contributed by atoms with Gasteiger partial charge in [-0.25, -0.2) is 28.7 Å². The van der Waals surface area contributed by atoms with Gasteiger partial charge in [0.15, 0.2) is 11.3 Å². The zero-order valence-corrected chi connectivity index (χ0v) is 26.8. The van der Waals surface area contributed by atoms with Crippen molar-refractivity contribution in [3.63, 3.8) is 0 Å². The van der Waals surface area contributed by atoms with Gasteiger partial charge in [0.1, 0.15) is 17.2 Å². The number of nitrogens with zero attached hydrogens (tertiary/aromatic N) is 8. The first kappa shape index (κ1) is 30.4. The molecule has 0 saturated carbocycles. The number of fused-ring (bicyclic) bond motifs is 2. The molecule has 1 amide bonds. The second-order valence-corrected chi connectivity index (χ2v) is 12.3. The van der Waals surface area contributed by atoms with Crippen LogP contribution >= 0.6 is 11.6 Å². The molecule has 5 aromatic rings. The van der Waals surface area contributed by atoms with Crippen molar-refractivity contribution < 1.29 is 9.18 Å². The molecule has 5 heterocycles. The molecule has 1 aromatic carbocycles. The monoisotopic (exact) mass is 628 g/mol. The Morgan fingerprint density at radius 2 is 1.84 bits per heavy atom. The maximum absolute atomic E-state index is 15.1. The van der Waals surface area contributed by atoms with Gasteiger partial charge in [-0.2, -0.15) is 4.98 Å². The maximum atomic E-state index is 15.1. The topological polar surface area (TPSA) is 102 Å². The number of piperazine rings is 1. The van der Waals surface area contributed by atoms with Crippen molar-refractivity contribution in [3.05, 3.63) is 81.9 Å². The Morgan fingerprint density at radius 1 is 1.11 bits per heavy atom. The van der Waals surface area contributed by atoms with Gasteiger partial charge in [-0.1, -0.05) is 44.2 Å². The molecule has 0 N–H and O–H groups in total. The summed E-state index contributed by atoms with van der Waals surface area (Å²) in [5, 5.41) is 0.721. The van der Waals surface area contributed by atoms with Crippen molar-refractivity contribution in [2.75, 3.05) is 18.0 Å². The second kappa shape index (κ2) is 11.4. The van der Waals surface area contributed by atoms with Crippen molar-refractivity contribution >= 4 is 45.5 Å². The van der Waals surface area contributed by atoms with Crippen LogP contribution in [0.25, 0.3) is 39.1 Å². The highest BCUT2D eigenvalue weighted by atomic mass is 35.5. The molecule has 1 fully saturated rings. The largest absolute Gasteiger partial charge is 0.355 e. The molecular formula is C33H34ClFN8O2. The highest BCUT2D eigenvalue weighted by molar-refractivity contribution is 6.33. The predicted octanol–water partition coefficient (Wildman–Crippen LogP) is 5.57. The van der Waals surface area contributed by atoms with E-state index in [1.54, 1.807) is 35.5 Å². The first-order valence-corrected chi connectivity index (χ1v) is 15.2. The zero-order valence-electron chi connectivity index (χ0n) is 26.0. The minimum Gasteiger partial charge on any atom is -0.349 e. The molecule has 1 aliphatic heterocycles. The van der Waals surface area contributed by atoms with Crippen LogP contribution in [0.1, 0.15) is 44.9 Å². The Bertz CT molecular complexity index is 2070. The van der Waals surface area contributed by atoms with Gasteiger partial charge in [-0.3, -0.25) is 4.79 Å². The molecule has 0 aliphatic carbocycles. The Kier molecular flexibility index (Phi) is 7.68. The SMILES string of the molecule is C=CC(=O)N1C[C@H](C)N(c2nc(=O)n(-c3c(C)nc4c(ncn4C)c3C(C)C)c3nc(-c4ccccc4F)c(Cl)cc23)C[C@H]1C. The number of aromatic nitrogens is 6. The molecule has 0 unspecified atom stereocenters. The van der Waals surface area contributed by atoms with Crippen LogP contribution < -0.4 is 10.6 Å². The van der Waals surface area contributed by atoms with E-state index >= 15 is 4.39 Å². The second-order valence-electron chi connectivity index (χ2n) is 11.9. The lowest BCUT2D eigenvalue weighted by atomic mass is 9.99. The van der Waals surface area contributed by atoms with E-state index in [-0.39, 0.29) is 45.8 Å². The average Bonchev–Trinajstić information content (AvgIpc) is 3.36. The number of aryl methyl sites for hydroxylation is 2. The van der Waals surface area contributed by atoms with Gasteiger partial charge in [0.25, 0.3) is 0 Å². The maximum Gasteiger partial charge on any atom is 0.355 e. The lowest BCUT2D eigenvalue weighted by molar-refractivity contribution is -0.128. The Morgan fingerprint density at radius 3 is 2.53 bits per heavy atom. The minimum atomic E-state index is -0.571. The number of hydrogen-bond donors (Lipinski definition) is 0. The fourth-order valence-corrected chi connectivity index (χ4v) is 6.56. The molecule has 2 atom stereocenters. The van der Waals surface area contributed by atoms with Gasteiger partial charge >= 0.3 is 5.69 Å². The zero-order chi connectivity index (χ0) is 32.3. The molecule has 10 nitrogen and oxygen atoms in total. The fraction of sp³-hybridized carbons (Fsp3) is 0.333. The van der Waals surface area contributed by atoms with Crippen molar-refractivity contribution in [1.29, 1.82) is 0 Å². The van der Waals surface area contributed by atoms with Gasteiger partial charge in [-0.05, 0) is 51.0 Å². The summed E-state index contributed by atoms with van der Waals surface area (Å²) in [6.45, 7) is 14.3. The summed E-state index contributed by atoms with van der Waals surface area (Å²) in [6.07, 6.45) is 3.01. The van der Waals surface area contributed by atoms with Crippen LogP contribution in [0.15, 0.2) is 54.1 Å². The Hall–Kier alpha value is -4.64. The number of rotatable bonds is 5. The standard InChI is InChI=1S/C33H34ClFN8O2/c1-8-25(44)41-14-19(5)42(15-18(41)4)30-22-13-23(34)27(21-11-9-10-12-24(21)35)38-31(22)43(33(45)39-30)29-20(6)37-32-28(26(29)17(2)3)36-16-40(32)7/h8-13,16-19H,1,14-15H2,2-7H3/t18-,19+/m1/s1. The lowest BCUT2D eigenvalue weighted by Crippen LogP contribution is -2.58. The van der Waals surface area contributed by atoms with E-state index in [4.69, 9.17) is 21.6 Å². The smallest absolute Gasteiger partial charge is 0.349 e. The summed E-state index contributed by atoms with van der Waals surface area (Å²) in [6, 6.07) is 7.56. The van der Waals surface area contributed by atoms with Crippen LogP contribution in [-0.2, 0) is 11.8 Å². The molecule has 0 radical (unpaired) electrons. The molecule has 12 heteroatoms. The quantitative estimate of drug-likeness (QED) is 0.235. The number of carbonyl (C=O) groups is 1. The molecule has 1 saturated heterocycles. The highest BCUT2D eigenvalue weighted by Crippen LogP contribution is 2.38. The van der Waals surface area contributed by atoms with Crippen LogP contribution in [0, 0.1) is 12.7 Å². The third-order valence-electron chi connectivity index (χ3n) is 8.48. The summed E-state index contributed by atoms with van der Waals surface area (Å²) in [4.78, 5) is 49.6. The van der Waals surface area contributed by atoms with E-state index < -0.39 is 11.5 Å².